The van der Waals surface area contributed by atoms with Crippen molar-refractivity contribution in [3.8, 4) is 5.75 Å². The lowest BCUT2D eigenvalue weighted by atomic mass is 10.2. The highest BCUT2D eigenvalue weighted by molar-refractivity contribution is 5.98. The first kappa shape index (κ1) is 19.2. The van der Waals surface area contributed by atoms with E-state index in [0.29, 0.717) is 23.5 Å². The normalized spacial score (nSPS) is 15.9. The molecule has 8 heteroatoms. The van der Waals surface area contributed by atoms with E-state index in [9.17, 15) is 14.4 Å². The van der Waals surface area contributed by atoms with Crippen LogP contribution in [0.2, 0.25) is 0 Å². The maximum Gasteiger partial charge on any atom is 0.337 e. The Morgan fingerprint density at radius 2 is 1.71 bits per heavy atom. The van der Waals surface area contributed by atoms with Crippen LogP contribution >= 0.6 is 0 Å². The Morgan fingerprint density at radius 3 is 2.32 bits per heavy atom. The van der Waals surface area contributed by atoms with Crippen LogP contribution in [0.4, 0.5) is 16.2 Å². The van der Waals surface area contributed by atoms with Gasteiger partial charge in [0.1, 0.15) is 5.75 Å². The fraction of sp³-hybridized carbons (Fsp3) is 0.250. The lowest BCUT2D eigenvalue weighted by Gasteiger charge is -2.18. The maximum atomic E-state index is 12.3. The molecule has 1 heterocycles. The Kier molecular flexibility index (Phi) is 5.78. The summed E-state index contributed by atoms with van der Waals surface area (Å²) in [6, 6.07) is 12.8. The molecule has 2 N–H and O–H groups in total. The van der Waals surface area contributed by atoms with Crippen LogP contribution in [0.3, 0.4) is 0 Å². The number of urea groups is 1. The Bertz CT molecular complexity index is 864. The van der Waals surface area contributed by atoms with Gasteiger partial charge in [-0.1, -0.05) is 0 Å². The molecule has 1 fully saturated rings. The molecule has 0 radical (unpaired) electrons. The van der Waals surface area contributed by atoms with E-state index in [1.807, 2.05) is 12.1 Å². The zero-order valence-electron chi connectivity index (χ0n) is 15.6. The van der Waals surface area contributed by atoms with Crippen molar-refractivity contribution in [3.63, 3.8) is 0 Å². The minimum Gasteiger partial charge on any atom is -0.497 e. The summed E-state index contributed by atoms with van der Waals surface area (Å²) in [5.74, 6) is 0.208. The predicted octanol–water partition coefficient (Wildman–Crippen LogP) is 2.41. The predicted molar refractivity (Wildman–Crippen MR) is 104 cm³/mol. The topological polar surface area (TPSA) is 97.0 Å². The molecule has 1 aliphatic rings. The Hall–Kier alpha value is -3.55. The zero-order chi connectivity index (χ0) is 20.1. The molecule has 0 bridgehead atoms. The summed E-state index contributed by atoms with van der Waals surface area (Å²) in [6.45, 7) is 0.389. The third-order valence-corrected chi connectivity index (χ3v) is 4.41. The largest absolute Gasteiger partial charge is 0.497 e. The highest BCUT2D eigenvalue weighted by Crippen LogP contribution is 2.24. The van der Waals surface area contributed by atoms with Crippen LogP contribution in [-0.2, 0) is 9.53 Å². The van der Waals surface area contributed by atoms with Crippen LogP contribution in [0.1, 0.15) is 16.8 Å². The van der Waals surface area contributed by atoms with Crippen LogP contribution in [0.25, 0.3) is 0 Å². The highest BCUT2D eigenvalue weighted by atomic mass is 16.5. The van der Waals surface area contributed by atoms with E-state index >= 15 is 0 Å². The van der Waals surface area contributed by atoms with Crippen LogP contribution in [0.5, 0.6) is 5.75 Å². The number of hydrogen-bond donors (Lipinski definition) is 2. The molecule has 1 atom stereocenters. The molecule has 3 amide bonds. The summed E-state index contributed by atoms with van der Waals surface area (Å²) in [6.07, 6.45) is 0.223. The van der Waals surface area contributed by atoms with Gasteiger partial charge in [0.05, 0.1) is 25.8 Å². The number of nitrogens with zero attached hydrogens (tertiary/aromatic N) is 1. The minimum atomic E-state index is -0.445. The highest BCUT2D eigenvalue weighted by Gasteiger charge is 2.31. The van der Waals surface area contributed by atoms with E-state index < -0.39 is 12.0 Å². The van der Waals surface area contributed by atoms with Gasteiger partial charge < -0.3 is 25.0 Å². The number of ether oxygens (including phenoxy) is 2. The monoisotopic (exact) mass is 383 g/mol. The number of carbonyl (C=O) groups is 3. The molecule has 0 aromatic heterocycles. The van der Waals surface area contributed by atoms with E-state index in [4.69, 9.17) is 4.74 Å². The number of nitrogens with one attached hydrogen (secondary N) is 2. The van der Waals surface area contributed by atoms with E-state index in [1.165, 1.54) is 7.11 Å². The van der Waals surface area contributed by atoms with Gasteiger partial charge >= 0.3 is 12.0 Å². The third kappa shape index (κ3) is 4.40. The molecular weight excluding hydrogens is 362 g/mol. The second-order valence-corrected chi connectivity index (χ2v) is 6.27. The quantitative estimate of drug-likeness (QED) is 0.773. The molecule has 8 nitrogen and oxygen atoms in total. The molecule has 1 saturated heterocycles. The fourth-order valence-electron chi connectivity index (χ4n) is 2.98. The molecule has 28 heavy (non-hydrogen) atoms. The average Bonchev–Trinajstić information content (AvgIpc) is 3.07. The maximum absolute atomic E-state index is 12.3. The number of benzene rings is 2. The number of amides is 3. The second-order valence-electron chi connectivity index (χ2n) is 6.27. The van der Waals surface area contributed by atoms with Gasteiger partial charge in [-0.3, -0.25) is 4.79 Å². The van der Waals surface area contributed by atoms with Crippen molar-refractivity contribution in [3.05, 3.63) is 54.1 Å². The lowest BCUT2D eigenvalue weighted by molar-refractivity contribution is -0.117. The van der Waals surface area contributed by atoms with Crippen molar-refractivity contribution in [2.24, 2.45) is 0 Å². The number of carbonyl (C=O) groups excluding carboxylic acids is 3. The Balaban J connectivity index is 1.56. The van der Waals surface area contributed by atoms with Crippen molar-refractivity contribution >= 4 is 29.3 Å². The van der Waals surface area contributed by atoms with Crippen molar-refractivity contribution < 1.29 is 23.9 Å². The smallest absolute Gasteiger partial charge is 0.337 e. The Morgan fingerprint density at radius 1 is 1.04 bits per heavy atom. The average molecular weight is 383 g/mol. The molecule has 0 spiro atoms. The fourth-order valence-corrected chi connectivity index (χ4v) is 2.98. The van der Waals surface area contributed by atoms with Gasteiger partial charge in [-0.2, -0.15) is 0 Å². The van der Waals surface area contributed by atoms with Crippen LogP contribution in [0.15, 0.2) is 48.5 Å². The minimum absolute atomic E-state index is 0.0575. The molecule has 1 aliphatic heterocycles. The van der Waals surface area contributed by atoms with Crippen LogP contribution < -0.4 is 20.3 Å². The van der Waals surface area contributed by atoms with Gasteiger partial charge in [0.2, 0.25) is 5.91 Å². The summed E-state index contributed by atoms with van der Waals surface area (Å²) in [4.78, 5) is 37.6. The van der Waals surface area contributed by atoms with Crippen molar-refractivity contribution in [1.29, 1.82) is 0 Å². The van der Waals surface area contributed by atoms with Crippen molar-refractivity contribution in [1.82, 2.24) is 5.32 Å². The summed E-state index contributed by atoms with van der Waals surface area (Å²) in [5, 5.41) is 5.49. The lowest BCUT2D eigenvalue weighted by Crippen LogP contribution is -2.39. The van der Waals surface area contributed by atoms with E-state index in [1.54, 1.807) is 48.4 Å². The van der Waals surface area contributed by atoms with Gasteiger partial charge in [-0.25, -0.2) is 9.59 Å². The second kappa shape index (κ2) is 8.43. The first-order valence-electron chi connectivity index (χ1n) is 8.70. The van der Waals surface area contributed by atoms with E-state index in [-0.39, 0.29) is 18.4 Å². The number of esters is 1. The molecule has 146 valence electrons. The van der Waals surface area contributed by atoms with Crippen molar-refractivity contribution in [2.45, 2.75) is 12.5 Å². The molecule has 3 rings (SSSR count). The summed E-state index contributed by atoms with van der Waals surface area (Å²) in [5.41, 5.74) is 1.68. The first-order valence-corrected chi connectivity index (χ1v) is 8.70. The van der Waals surface area contributed by atoms with Crippen molar-refractivity contribution in [2.75, 3.05) is 31.0 Å². The summed E-state index contributed by atoms with van der Waals surface area (Å²) in [7, 11) is 2.89. The van der Waals surface area contributed by atoms with Crippen LogP contribution in [0, 0.1) is 0 Å². The number of rotatable bonds is 5. The number of methoxy groups -OCH3 is 2. The molecule has 0 saturated carbocycles. The van der Waals surface area contributed by atoms with Gasteiger partial charge in [0.25, 0.3) is 0 Å². The standard InChI is InChI=1S/C20H21N3O5/c1-27-17-9-7-16(8-10-17)23-12-15(11-18(23)24)22-20(26)21-14-5-3-13(4-6-14)19(25)28-2/h3-10,15H,11-12H2,1-2H3,(H2,21,22,26)/t15-/m1/s1. The first-order chi connectivity index (χ1) is 13.5. The van der Waals surface area contributed by atoms with Gasteiger partial charge in [0.15, 0.2) is 0 Å². The van der Waals surface area contributed by atoms with E-state index in [2.05, 4.69) is 15.4 Å². The number of hydrogen-bond acceptors (Lipinski definition) is 5. The molecular formula is C20H21N3O5. The van der Waals surface area contributed by atoms with Crippen LogP contribution in [-0.4, -0.2) is 44.7 Å². The summed E-state index contributed by atoms with van der Waals surface area (Å²) < 4.78 is 9.75. The molecule has 0 unspecified atom stereocenters. The van der Waals surface area contributed by atoms with Gasteiger partial charge in [-0.05, 0) is 48.5 Å². The van der Waals surface area contributed by atoms with E-state index in [0.717, 1.165) is 5.69 Å². The Labute approximate surface area is 162 Å². The molecule has 2 aromatic carbocycles. The third-order valence-electron chi connectivity index (χ3n) is 4.41. The van der Waals surface area contributed by atoms with Gasteiger partial charge in [-0.15, -0.1) is 0 Å². The van der Waals surface area contributed by atoms with Gasteiger partial charge in [0, 0.05) is 24.3 Å². The number of anilines is 2. The molecule has 2 aromatic rings. The molecule has 0 aliphatic carbocycles. The zero-order valence-corrected chi connectivity index (χ0v) is 15.6. The SMILES string of the molecule is COC(=O)c1ccc(NC(=O)N[C@@H]2CC(=O)N(c3ccc(OC)cc3)C2)cc1. The summed E-state index contributed by atoms with van der Waals surface area (Å²) >= 11 is 0.